The molecule has 0 aliphatic heterocycles. The molecule has 0 radical (unpaired) electrons. The fourth-order valence-corrected chi connectivity index (χ4v) is 1.84. The van der Waals surface area contributed by atoms with Gasteiger partial charge in [0.05, 0.1) is 11.0 Å². The minimum atomic E-state index is -0.715. The third-order valence-electron chi connectivity index (χ3n) is 2.79. The van der Waals surface area contributed by atoms with Crippen LogP contribution < -0.4 is 22.5 Å². The molecule has 0 spiro atoms. The molecule has 0 saturated carbocycles. The van der Waals surface area contributed by atoms with Crippen molar-refractivity contribution in [1.82, 2.24) is 0 Å². The molecule has 0 saturated heterocycles. The summed E-state index contributed by atoms with van der Waals surface area (Å²) < 4.78 is 0.676. The first kappa shape index (κ1) is 15.3. The summed E-state index contributed by atoms with van der Waals surface area (Å²) in [5.74, 6) is -1.02. The third kappa shape index (κ3) is 3.60. The van der Waals surface area contributed by atoms with E-state index in [9.17, 15) is 9.59 Å². The van der Waals surface area contributed by atoms with Crippen molar-refractivity contribution in [3.63, 3.8) is 0 Å². The van der Waals surface area contributed by atoms with Gasteiger partial charge >= 0.3 is 0 Å². The number of amides is 2. The number of nitrogen functional groups attached to an aromatic ring is 1. The normalized spacial score (nSPS) is 11.1. The molecule has 1 aromatic rings. The van der Waals surface area contributed by atoms with Crippen molar-refractivity contribution in [2.75, 3.05) is 17.6 Å². The lowest BCUT2D eigenvalue weighted by atomic mass is 9.92. The van der Waals surface area contributed by atoms with Gasteiger partial charge in [0.1, 0.15) is 0 Å². The van der Waals surface area contributed by atoms with Gasteiger partial charge in [-0.1, -0.05) is 0 Å². The maximum atomic E-state index is 11.2. The summed E-state index contributed by atoms with van der Waals surface area (Å²) in [5.41, 5.74) is 16.6. The fraction of sp³-hybridized carbons (Fsp3) is 0.333. The predicted octanol–water partition coefficient (Wildman–Crippen LogP) is 1.05. The molecule has 2 amide bonds. The topological polar surface area (TPSA) is 124 Å². The highest BCUT2D eigenvalue weighted by Crippen LogP contribution is 2.29. The van der Waals surface area contributed by atoms with Crippen molar-refractivity contribution in [1.29, 1.82) is 0 Å². The van der Waals surface area contributed by atoms with E-state index in [0.29, 0.717) is 22.4 Å². The third-order valence-corrected chi connectivity index (χ3v) is 3.45. The second kappa shape index (κ2) is 5.48. The smallest absolute Gasteiger partial charge is 0.250 e. The highest BCUT2D eigenvalue weighted by atomic mass is 79.9. The average molecular weight is 329 g/mol. The van der Waals surface area contributed by atoms with E-state index in [2.05, 4.69) is 21.2 Å². The Labute approximate surface area is 119 Å². The van der Waals surface area contributed by atoms with E-state index < -0.39 is 17.2 Å². The summed E-state index contributed by atoms with van der Waals surface area (Å²) in [6, 6.07) is 3.12. The van der Waals surface area contributed by atoms with Crippen LogP contribution in [-0.4, -0.2) is 18.4 Å². The number of primary amides is 2. The molecule has 1 rings (SSSR count). The van der Waals surface area contributed by atoms with E-state index >= 15 is 0 Å². The zero-order chi connectivity index (χ0) is 14.8. The van der Waals surface area contributed by atoms with E-state index in [1.54, 1.807) is 26.0 Å². The molecule has 0 aliphatic rings. The molecular weight excluding hydrogens is 312 g/mol. The standard InChI is InChI=1S/C12H17BrN4O2/c1-12(2,11(16)19)5-17-9-3-6(10(15)18)8(14)4-7(9)13/h3-4,17H,5,14H2,1-2H3,(H2,15,18)(H2,16,19). The van der Waals surface area contributed by atoms with Gasteiger partial charge < -0.3 is 22.5 Å². The van der Waals surface area contributed by atoms with Crippen LogP contribution in [0.4, 0.5) is 11.4 Å². The summed E-state index contributed by atoms with van der Waals surface area (Å²) in [6.45, 7) is 3.77. The number of nitrogens with one attached hydrogen (secondary N) is 1. The Balaban J connectivity index is 2.99. The van der Waals surface area contributed by atoms with Crippen molar-refractivity contribution < 1.29 is 9.59 Å². The Morgan fingerprint density at radius 1 is 1.32 bits per heavy atom. The summed E-state index contributed by atoms with van der Waals surface area (Å²) in [5, 5.41) is 3.05. The molecule has 7 heteroatoms. The Morgan fingerprint density at radius 3 is 2.37 bits per heavy atom. The van der Waals surface area contributed by atoms with Crippen molar-refractivity contribution in [2.24, 2.45) is 16.9 Å². The molecule has 0 aromatic heterocycles. The lowest BCUT2D eigenvalue weighted by Crippen LogP contribution is -2.37. The molecule has 0 atom stereocenters. The van der Waals surface area contributed by atoms with Crippen LogP contribution in [0.1, 0.15) is 24.2 Å². The van der Waals surface area contributed by atoms with Crippen LogP contribution in [0.15, 0.2) is 16.6 Å². The van der Waals surface area contributed by atoms with Crippen LogP contribution in [-0.2, 0) is 4.79 Å². The summed E-state index contributed by atoms with van der Waals surface area (Å²) in [4.78, 5) is 22.5. The first-order chi connectivity index (χ1) is 8.65. The van der Waals surface area contributed by atoms with Gasteiger partial charge in [-0.25, -0.2) is 0 Å². The summed E-state index contributed by atoms with van der Waals surface area (Å²) in [7, 11) is 0. The van der Waals surface area contributed by atoms with Crippen molar-refractivity contribution in [3.05, 3.63) is 22.2 Å². The van der Waals surface area contributed by atoms with Crippen LogP contribution in [0.25, 0.3) is 0 Å². The second-order valence-electron chi connectivity index (χ2n) is 4.89. The number of nitrogens with two attached hydrogens (primary N) is 3. The summed E-state index contributed by atoms with van der Waals surface area (Å²) >= 11 is 3.32. The van der Waals surface area contributed by atoms with Gasteiger partial charge in [-0.05, 0) is 41.9 Å². The number of carbonyl (C=O) groups excluding carboxylic acids is 2. The molecular formula is C12H17BrN4O2. The molecule has 7 N–H and O–H groups in total. The van der Waals surface area contributed by atoms with Gasteiger partial charge in [-0.3, -0.25) is 9.59 Å². The molecule has 104 valence electrons. The Hall–Kier alpha value is -1.76. The second-order valence-corrected chi connectivity index (χ2v) is 5.74. The van der Waals surface area contributed by atoms with Gasteiger partial charge in [0, 0.05) is 22.4 Å². The minimum absolute atomic E-state index is 0.225. The van der Waals surface area contributed by atoms with Crippen molar-refractivity contribution in [2.45, 2.75) is 13.8 Å². The van der Waals surface area contributed by atoms with E-state index in [1.807, 2.05) is 0 Å². The molecule has 0 aliphatic carbocycles. The maximum absolute atomic E-state index is 11.2. The van der Waals surface area contributed by atoms with Gasteiger partial charge in [-0.15, -0.1) is 0 Å². The lowest BCUT2D eigenvalue weighted by Gasteiger charge is -2.22. The molecule has 0 bridgehead atoms. The van der Waals surface area contributed by atoms with E-state index in [1.165, 1.54) is 0 Å². The van der Waals surface area contributed by atoms with E-state index in [-0.39, 0.29) is 5.56 Å². The average Bonchev–Trinajstić information content (AvgIpc) is 2.27. The van der Waals surface area contributed by atoms with E-state index in [4.69, 9.17) is 17.2 Å². The van der Waals surface area contributed by atoms with Crippen LogP contribution in [0.5, 0.6) is 0 Å². The largest absolute Gasteiger partial charge is 0.398 e. The zero-order valence-corrected chi connectivity index (χ0v) is 12.4. The number of anilines is 2. The molecule has 0 fully saturated rings. The number of halogens is 1. The molecule has 0 heterocycles. The number of carbonyl (C=O) groups is 2. The predicted molar refractivity (Wildman–Crippen MR) is 78.5 cm³/mol. The highest BCUT2D eigenvalue weighted by Gasteiger charge is 2.25. The van der Waals surface area contributed by atoms with Crippen LogP contribution in [0.2, 0.25) is 0 Å². The molecule has 0 unspecified atom stereocenters. The first-order valence-corrected chi connectivity index (χ1v) is 6.37. The van der Waals surface area contributed by atoms with Gasteiger partial charge in [0.25, 0.3) is 5.91 Å². The summed E-state index contributed by atoms with van der Waals surface area (Å²) in [6.07, 6.45) is 0. The maximum Gasteiger partial charge on any atom is 0.250 e. The number of hydrogen-bond acceptors (Lipinski definition) is 4. The first-order valence-electron chi connectivity index (χ1n) is 5.58. The SMILES string of the molecule is CC(C)(CNc1cc(C(N)=O)c(N)cc1Br)C(N)=O. The van der Waals surface area contributed by atoms with Gasteiger partial charge in [-0.2, -0.15) is 0 Å². The van der Waals surface area contributed by atoms with E-state index in [0.717, 1.165) is 0 Å². The van der Waals surface area contributed by atoms with Gasteiger partial charge in [0.15, 0.2) is 0 Å². The zero-order valence-electron chi connectivity index (χ0n) is 10.8. The van der Waals surface area contributed by atoms with Gasteiger partial charge in [0.2, 0.25) is 5.91 Å². The van der Waals surface area contributed by atoms with Crippen LogP contribution in [0.3, 0.4) is 0 Å². The molecule has 19 heavy (non-hydrogen) atoms. The molecule has 1 aromatic carbocycles. The fourth-order valence-electron chi connectivity index (χ4n) is 1.34. The lowest BCUT2D eigenvalue weighted by molar-refractivity contribution is -0.125. The monoisotopic (exact) mass is 328 g/mol. The molecule has 6 nitrogen and oxygen atoms in total. The minimum Gasteiger partial charge on any atom is -0.398 e. The number of rotatable bonds is 5. The number of hydrogen-bond donors (Lipinski definition) is 4. The Bertz CT molecular complexity index is 529. The highest BCUT2D eigenvalue weighted by molar-refractivity contribution is 9.10. The Kier molecular flexibility index (Phi) is 4.41. The Morgan fingerprint density at radius 2 is 1.89 bits per heavy atom. The van der Waals surface area contributed by atoms with Crippen molar-refractivity contribution in [3.8, 4) is 0 Å². The van der Waals surface area contributed by atoms with Crippen LogP contribution in [0, 0.1) is 5.41 Å². The quantitative estimate of drug-likeness (QED) is 0.603. The van der Waals surface area contributed by atoms with Crippen LogP contribution >= 0.6 is 15.9 Å². The number of benzene rings is 1. The van der Waals surface area contributed by atoms with Crippen molar-refractivity contribution >= 4 is 39.1 Å².